The highest BCUT2D eigenvalue weighted by Crippen LogP contribution is 2.12. The number of anilines is 1. The maximum atomic E-state index is 11.6. The Bertz CT molecular complexity index is 352. The molecular weight excluding hydrogens is 182 g/mol. The summed E-state index contributed by atoms with van der Waals surface area (Å²) in [5.74, 6) is -0.0919. The van der Waals surface area contributed by atoms with Crippen LogP contribution in [0.25, 0.3) is 0 Å². The van der Waals surface area contributed by atoms with E-state index in [1.54, 1.807) is 12.3 Å². The van der Waals surface area contributed by atoms with Gasteiger partial charge in [0.2, 0.25) is 0 Å². The zero-order valence-electron chi connectivity index (χ0n) is 8.44. The number of amides is 1. The Balaban J connectivity index is 3.06. The monoisotopic (exact) mass is 195 g/mol. The van der Waals surface area contributed by atoms with Crippen molar-refractivity contribution >= 4 is 11.7 Å². The van der Waals surface area contributed by atoms with E-state index in [1.165, 1.54) is 14.2 Å². The number of hydroxylamine groups is 2. The first-order valence-corrected chi connectivity index (χ1v) is 4.10. The molecule has 1 heterocycles. The van der Waals surface area contributed by atoms with Crippen molar-refractivity contribution in [1.29, 1.82) is 0 Å². The van der Waals surface area contributed by atoms with Gasteiger partial charge in [-0.25, -0.2) is 10.0 Å². The van der Waals surface area contributed by atoms with Crippen LogP contribution in [-0.4, -0.2) is 30.1 Å². The van der Waals surface area contributed by atoms with Crippen LogP contribution in [0.3, 0.4) is 0 Å². The first-order chi connectivity index (χ1) is 6.56. The van der Waals surface area contributed by atoms with E-state index < -0.39 is 0 Å². The van der Waals surface area contributed by atoms with E-state index in [2.05, 4.69) is 4.98 Å². The molecule has 1 aromatic heterocycles. The van der Waals surface area contributed by atoms with Gasteiger partial charge in [0, 0.05) is 13.2 Å². The minimum atomic E-state index is -0.304. The summed E-state index contributed by atoms with van der Waals surface area (Å²) in [6.07, 6.45) is 1.61. The van der Waals surface area contributed by atoms with Crippen molar-refractivity contribution in [3.05, 3.63) is 23.4 Å². The van der Waals surface area contributed by atoms with E-state index in [-0.39, 0.29) is 11.7 Å². The zero-order valence-corrected chi connectivity index (χ0v) is 8.44. The topological polar surface area (TPSA) is 68.5 Å². The van der Waals surface area contributed by atoms with Crippen LogP contribution in [0.4, 0.5) is 5.82 Å². The fraction of sp³-hybridized carbons (Fsp3) is 0.333. The molecule has 1 rings (SSSR count). The van der Waals surface area contributed by atoms with Crippen molar-refractivity contribution in [2.45, 2.75) is 6.92 Å². The predicted molar refractivity (Wildman–Crippen MR) is 52.5 cm³/mol. The standard InChI is InChI=1S/C9H13N3O2/c1-6-4-7(8(10)11-5-6)9(13)12(2)14-3/h4-5H,1-3H3,(H2,10,11). The van der Waals surface area contributed by atoms with Gasteiger partial charge >= 0.3 is 0 Å². The average molecular weight is 195 g/mol. The average Bonchev–Trinajstić information content (AvgIpc) is 2.19. The van der Waals surface area contributed by atoms with Crippen LogP contribution in [0.2, 0.25) is 0 Å². The van der Waals surface area contributed by atoms with E-state index in [0.717, 1.165) is 10.6 Å². The lowest BCUT2D eigenvalue weighted by Crippen LogP contribution is -2.26. The highest BCUT2D eigenvalue weighted by atomic mass is 16.7. The molecule has 0 unspecified atom stereocenters. The Morgan fingerprint density at radius 3 is 2.86 bits per heavy atom. The van der Waals surface area contributed by atoms with Crippen LogP contribution >= 0.6 is 0 Å². The van der Waals surface area contributed by atoms with Gasteiger partial charge in [0.1, 0.15) is 5.82 Å². The molecule has 0 bridgehead atoms. The first-order valence-electron chi connectivity index (χ1n) is 4.10. The lowest BCUT2D eigenvalue weighted by Gasteiger charge is -2.14. The third kappa shape index (κ3) is 2.00. The van der Waals surface area contributed by atoms with Gasteiger partial charge in [0.15, 0.2) is 0 Å². The molecule has 2 N–H and O–H groups in total. The highest BCUT2D eigenvalue weighted by molar-refractivity contribution is 5.97. The molecule has 14 heavy (non-hydrogen) atoms. The molecule has 1 amide bonds. The van der Waals surface area contributed by atoms with Gasteiger partial charge in [-0.2, -0.15) is 0 Å². The lowest BCUT2D eigenvalue weighted by molar-refractivity contribution is -0.0756. The Kier molecular flexibility index (Phi) is 3.03. The Hall–Kier alpha value is -1.62. The highest BCUT2D eigenvalue weighted by Gasteiger charge is 2.15. The summed E-state index contributed by atoms with van der Waals surface area (Å²) in [5, 5.41) is 1.10. The number of nitrogens with two attached hydrogens (primary N) is 1. The molecule has 0 aromatic carbocycles. The van der Waals surface area contributed by atoms with Crippen LogP contribution < -0.4 is 5.73 Å². The van der Waals surface area contributed by atoms with E-state index in [4.69, 9.17) is 10.6 Å². The summed E-state index contributed by atoms with van der Waals surface area (Å²) < 4.78 is 0. The number of nitrogen functional groups attached to an aromatic ring is 1. The summed E-state index contributed by atoms with van der Waals surface area (Å²) in [4.78, 5) is 20.3. The molecule has 0 atom stereocenters. The molecule has 0 aliphatic carbocycles. The number of nitrogens with zero attached hydrogens (tertiary/aromatic N) is 2. The molecule has 0 aliphatic rings. The minimum Gasteiger partial charge on any atom is -0.383 e. The van der Waals surface area contributed by atoms with Crippen LogP contribution in [0.15, 0.2) is 12.3 Å². The van der Waals surface area contributed by atoms with E-state index >= 15 is 0 Å². The summed E-state index contributed by atoms with van der Waals surface area (Å²) in [6, 6.07) is 1.68. The smallest absolute Gasteiger partial charge is 0.280 e. The van der Waals surface area contributed by atoms with Gasteiger partial charge in [-0.15, -0.1) is 0 Å². The van der Waals surface area contributed by atoms with Gasteiger partial charge < -0.3 is 5.73 Å². The molecule has 5 nitrogen and oxygen atoms in total. The van der Waals surface area contributed by atoms with Crippen LogP contribution in [0, 0.1) is 6.92 Å². The summed E-state index contributed by atoms with van der Waals surface area (Å²) in [6.45, 7) is 1.84. The fourth-order valence-electron chi connectivity index (χ4n) is 1.00. The third-order valence-electron chi connectivity index (χ3n) is 1.85. The lowest BCUT2D eigenvalue weighted by atomic mass is 10.2. The van der Waals surface area contributed by atoms with Gasteiger partial charge in [-0.1, -0.05) is 0 Å². The number of hydrogen-bond donors (Lipinski definition) is 1. The molecule has 0 saturated carbocycles. The third-order valence-corrected chi connectivity index (χ3v) is 1.85. The number of carbonyl (C=O) groups excluding carboxylic acids is 1. The Labute approximate surface area is 82.4 Å². The summed E-state index contributed by atoms with van der Waals surface area (Å²) in [5.41, 5.74) is 6.81. The normalized spacial score (nSPS) is 9.93. The molecular formula is C9H13N3O2. The second kappa shape index (κ2) is 4.06. The van der Waals surface area contributed by atoms with E-state index in [0.29, 0.717) is 5.56 Å². The number of rotatable bonds is 2. The van der Waals surface area contributed by atoms with Crippen LogP contribution in [-0.2, 0) is 4.84 Å². The number of hydrogen-bond acceptors (Lipinski definition) is 4. The fourth-order valence-corrected chi connectivity index (χ4v) is 1.00. The van der Waals surface area contributed by atoms with E-state index in [9.17, 15) is 4.79 Å². The molecule has 0 aliphatic heterocycles. The SMILES string of the molecule is CON(C)C(=O)c1cc(C)cnc1N. The van der Waals surface area contributed by atoms with Crippen molar-refractivity contribution in [3.63, 3.8) is 0 Å². The second-order valence-corrected chi connectivity index (χ2v) is 2.93. The Morgan fingerprint density at radius 2 is 2.29 bits per heavy atom. The van der Waals surface area contributed by atoms with Crippen LogP contribution in [0.5, 0.6) is 0 Å². The maximum Gasteiger partial charge on any atom is 0.280 e. The number of aromatic nitrogens is 1. The molecule has 5 heteroatoms. The molecule has 0 spiro atoms. The van der Waals surface area contributed by atoms with Gasteiger partial charge in [-0.05, 0) is 18.6 Å². The zero-order chi connectivity index (χ0) is 10.7. The van der Waals surface area contributed by atoms with Crippen molar-refractivity contribution in [2.24, 2.45) is 0 Å². The maximum absolute atomic E-state index is 11.6. The Morgan fingerprint density at radius 1 is 1.64 bits per heavy atom. The largest absolute Gasteiger partial charge is 0.383 e. The second-order valence-electron chi connectivity index (χ2n) is 2.93. The van der Waals surface area contributed by atoms with Crippen molar-refractivity contribution in [2.75, 3.05) is 19.9 Å². The molecule has 0 fully saturated rings. The minimum absolute atomic E-state index is 0.213. The predicted octanol–water partition coefficient (Wildman–Crippen LogP) is 0.606. The van der Waals surface area contributed by atoms with Crippen molar-refractivity contribution < 1.29 is 9.63 Å². The summed E-state index contributed by atoms with van der Waals surface area (Å²) >= 11 is 0. The first kappa shape index (κ1) is 10.5. The quantitative estimate of drug-likeness (QED) is 0.702. The molecule has 0 radical (unpaired) electrons. The van der Waals surface area contributed by atoms with Crippen molar-refractivity contribution in [3.8, 4) is 0 Å². The van der Waals surface area contributed by atoms with E-state index in [1.807, 2.05) is 6.92 Å². The van der Waals surface area contributed by atoms with Gasteiger partial charge in [-0.3, -0.25) is 9.63 Å². The number of aryl methyl sites for hydroxylation is 1. The molecule has 76 valence electrons. The van der Waals surface area contributed by atoms with Crippen LogP contribution in [0.1, 0.15) is 15.9 Å². The van der Waals surface area contributed by atoms with Crippen molar-refractivity contribution in [1.82, 2.24) is 10.0 Å². The summed E-state index contributed by atoms with van der Waals surface area (Å²) in [7, 11) is 2.93. The molecule has 1 aromatic rings. The van der Waals surface area contributed by atoms with Gasteiger partial charge in [0.05, 0.1) is 12.7 Å². The number of carbonyl (C=O) groups is 1. The number of pyridine rings is 1. The van der Waals surface area contributed by atoms with Gasteiger partial charge in [0.25, 0.3) is 5.91 Å². The molecule has 0 saturated heterocycles.